The molecule has 18 heavy (non-hydrogen) atoms. The first-order valence-corrected chi connectivity index (χ1v) is 7.11. The summed E-state index contributed by atoms with van der Waals surface area (Å²) in [6.45, 7) is 6.41. The standard InChI is InChI=1S/C16H25NO/c1-14(2)17-13-16(9-6-10-16)11-12-18-15-7-4-3-5-8-15/h3-5,7-8,14,17H,6,9-13H2,1-2H3. The van der Waals surface area contributed by atoms with Crippen LogP contribution in [0.1, 0.15) is 39.5 Å². The Kier molecular flexibility index (Phi) is 4.65. The molecule has 2 rings (SSSR count). The van der Waals surface area contributed by atoms with E-state index in [0.717, 1.165) is 18.9 Å². The fourth-order valence-corrected chi connectivity index (χ4v) is 2.51. The third kappa shape index (κ3) is 3.74. The average molecular weight is 247 g/mol. The van der Waals surface area contributed by atoms with Crippen molar-refractivity contribution in [2.75, 3.05) is 13.2 Å². The van der Waals surface area contributed by atoms with Crippen molar-refractivity contribution in [3.8, 4) is 5.75 Å². The minimum Gasteiger partial charge on any atom is -0.494 e. The SMILES string of the molecule is CC(C)NCC1(CCOc2ccccc2)CCC1. The van der Waals surface area contributed by atoms with Crippen molar-refractivity contribution >= 4 is 0 Å². The first-order valence-electron chi connectivity index (χ1n) is 7.11. The maximum absolute atomic E-state index is 5.82. The quantitative estimate of drug-likeness (QED) is 0.794. The van der Waals surface area contributed by atoms with E-state index in [4.69, 9.17) is 4.74 Å². The monoisotopic (exact) mass is 247 g/mol. The molecule has 0 bridgehead atoms. The van der Waals surface area contributed by atoms with Crippen molar-refractivity contribution in [1.82, 2.24) is 5.32 Å². The zero-order valence-electron chi connectivity index (χ0n) is 11.6. The van der Waals surface area contributed by atoms with Crippen LogP contribution in [0.2, 0.25) is 0 Å². The van der Waals surface area contributed by atoms with Crippen LogP contribution in [0.15, 0.2) is 30.3 Å². The summed E-state index contributed by atoms with van der Waals surface area (Å²) in [5.41, 5.74) is 0.499. The summed E-state index contributed by atoms with van der Waals surface area (Å²) in [4.78, 5) is 0. The average Bonchev–Trinajstić information content (AvgIpc) is 2.32. The topological polar surface area (TPSA) is 21.3 Å². The lowest BCUT2D eigenvalue weighted by Crippen LogP contribution is -2.43. The van der Waals surface area contributed by atoms with Crippen molar-refractivity contribution in [2.45, 2.75) is 45.6 Å². The summed E-state index contributed by atoms with van der Waals surface area (Å²) in [5.74, 6) is 0.990. The molecular weight excluding hydrogens is 222 g/mol. The molecule has 1 aromatic carbocycles. The highest BCUT2D eigenvalue weighted by Crippen LogP contribution is 2.43. The molecule has 0 atom stereocenters. The van der Waals surface area contributed by atoms with Gasteiger partial charge in [-0.3, -0.25) is 0 Å². The van der Waals surface area contributed by atoms with E-state index < -0.39 is 0 Å². The van der Waals surface area contributed by atoms with Crippen molar-refractivity contribution in [3.63, 3.8) is 0 Å². The molecule has 0 amide bonds. The lowest BCUT2D eigenvalue weighted by molar-refractivity contribution is 0.0896. The van der Waals surface area contributed by atoms with E-state index >= 15 is 0 Å². The second kappa shape index (κ2) is 6.24. The number of hydrogen-bond donors (Lipinski definition) is 1. The molecule has 1 saturated carbocycles. The Morgan fingerprint density at radius 3 is 2.50 bits per heavy atom. The molecule has 1 aromatic rings. The lowest BCUT2D eigenvalue weighted by Gasteiger charge is -2.42. The number of hydrogen-bond acceptors (Lipinski definition) is 2. The molecule has 1 fully saturated rings. The van der Waals surface area contributed by atoms with Gasteiger partial charge in [0, 0.05) is 12.6 Å². The molecule has 0 heterocycles. The van der Waals surface area contributed by atoms with Gasteiger partial charge in [-0.1, -0.05) is 38.5 Å². The van der Waals surface area contributed by atoms with Gasteiger partial charge >= 0.3 is 0 Å². The molecule has 1 aliphatic carbocycles. The molecule has 0 aliphatic heterocycles. The van der Waals surface area contributed by atoms with Crippen LogP contribution >= 0.6 is 0 Å². The Bertz CT molecular complexity index is 343. The summed E-state index contributed by atoms with van der Waals surface area (Å²) in [5, 5.41) is 3.58. The van der Waals surface area contributed by atoms with Crippen LogP contribution < -0.4 is 10.1 Å². The fourth-order valence-electron chi connectivity index (χ4n) is 2.51. The van der Waals surface area contributed by atoms with Crippen LogP contribution in [-0.2, 0) is 0 Å². The first-order chi connectivity index (χ1) is 8.70. The van der Waals surface area contributed by atoms with E-state index in [1.54, 1.807) is 0 Å². The summed E-state index contributed by atoms with van der Waals surface area (Å²) in [6, 6.07) is 10.7. The van der Waals surface area contributed by atoms with E-state index in [2.05, 4.69) is 19.2 Å². The summed E-state index contributed by atoms with van der Waals surface area (Å²) >= 11 is 0. The van der Waals surface area contributed by atoms with Gasteiger partial charge in [-0.05, 0) is 36.8 Å². The van der Waals surface area contributed by atoms with Crippen molar-refractivity contribution in [3.05, 3.63) is 30.3 Å². The van der Waals surface area contributed by atoms with Gasteiger partial charge in [0.05, 0.1) is 6.61 Å². The van der Waals surface area contributed by atoms with Crippen molar-refractivity contribution < 1.29 is 4.74 Å². The van der Waals surface area contributed by atoms with Gasteiger partial charge in [0.2, 0.25) is 0 Å². The molecule has 0 radical (unpaired) electrons. The molecule has 0 spiro atoms. The van der Waals surface area contributed by atoms with Crippen LogP contribution in [0, 0.1) is 5.41 Å². The zero-order valence-corrected chi connectivity index (χ0v) is 11.6. The largest absolute Gasteiger partial charge is 0.494 e. The Morgan fingerprint density at radius 2 is 1.94 bits per heavy atom. The molecule has 1 aliphatic rings. The second-order valence-corrected chi connectivity index (χ2v) is 5.80. The van der Waals surface area contributed by atoms with E-state index in [9.17, 15) is 0 Å². The Morgan fingerprint density at radius 1 is 1.22 bits per heavy atom. The van der Waals surface area contributed by atoms with Gasteiger partial charge in [0.15, 0.2) is 0 Å². The van der Waals surface area contributed by atoms with E-state index in [1.165, 1.54) is 25.7 Å². The van der Waals surface area contributed by atoms with Crippen molar-refractivity contribution in [2.24, 2.45) is 5.41 Å². The zero-order chi connectivity index (χ0) is 12.8. The van der Waals surface area contributed by atoms with E-state index in [1.807, 2.05) is 30.3 Å². The Labute approximate surface area is 111 Å². The van der Waals surface area contributed by atoms with E-state index in [0.29, 0.717) is 11.5 Å². The van der Waals surface area contributed by atoms with Gasteiger partial charge in [-0.25, -0.2) is 0 Å². The van der Waals surface area contributed by atoms with Gasteiger partial charge in [-0.15, -0.1) is 0 Å². The third-order valence-electron chi connectivity index (χ3n) is 3.94. The minimum atomic E-state index is 0.499. The van der Waals surface area contributed by atoms with Gasteiger partial charge in [0.25, 0.3) is 0 Å². The molecule has 2 heteroatoms. The maximum Gasteiger partial charge on any atom is 0.119 e. The highest BCUT2D eigenvalue weighted by molar-refractivity contribution is 5.20. The van der Waals surface area contributed by atoms with E-state index in [-0.39, 0.29) is 0 Å². The van der Waals surface area contributed by atoms with Gasteiger partial charge in [-0.2, -0.15) is 0 Å². The maximum atomic E-state index is 5.82. The number of rotatable bonds is 7. The predicted molar refractivity (Wildman–Crippen MR) is 76.0 cm³/mol. The summed E-state index contributed by atoms with van der Waals surface area (Å²) in [6.07, 6.45) is 5.25. The first kappa shape index (κ1) is 13.4. The Hall–Kier alpha value is -1.02. The van der Waals surface area contributed by atoms with Crippen LogP contribution in [0.3, 0.4) is 0 Å². The molecule has 2 nitrogen and oxygen atoms in total. The summed E-state index contributed by atoms with van der Waals surface area (Å²) in [7, 11) is 0. The molecule has 0 saturated heterocycles. The number of para-hydroxylation sites is 1. The fraction of sp³-hybridized carbons (Fsp3) is 0.625. The van der Waals surface area contributed by atoms with Crippen molar-refractivity contribution in [1.29, 1.82) is 0 Å². The molecule has 1 N–H and O–H groups in total. The highest BCUT2D eigenvalue weighted by atomic mass is 16.5. The number of ether oxygens (including phenoxy) is 1. The Balaban J connectivity index is 1.74. The summed E-state index contributed by atoms with van der Waals surface area (Å²) < 4.78 is 5.82. The second-order valence-electron chi connectivity index (χ2n) is 5.80. The molecular formula is C16H25NO. The molecule has 0 unspecified atom stereocenters. The molecule has 100 valence electrons. The molecule has 0 aromatic heterocycles. The lowest BCUT2D eigenvalue weighted by atomic mass is 9.66. The number of nitrogens with one attached hydrogen (secondary N) is 1. The van der Waals surface area contributed by atoms with Gasteiger partial charge < -0.3 is 10.1 Å². The van der Waals surface area contributed by atoms with Crippen LogP contribution in [0.25, 0.3) is 0 Å². The highest BCUT2D eigenvalue weighted by Gasteiger charge is 2.36. The number of benzene rings is 1. The minimum absolute atomic E-state index is 0.499. The van der Waals surface area contributed by atoms with Gasteiger partial charge in [0.1, 0.15) is 5.75 Å². The van der Waals surface area contributed by atoms with Crippen LogP contribution in [0.4, 0.5) is 0 Å². The van der Waals surface area contributed by atoms with Crippen LogP contribution in [0.5, 0.6) is 5.75 Å². The smallest absolute Gasteiger partial charge is 0.119 e. The van der Waals surface area contributed by atoms with Crippen LogP contribution in [-0.4, -0.2) is 19.2 Å². The normalized spacial score (nSPS) is 17.5. The third-order valence-corrected chi connectivity index (χ3v) is 3.94. The predicted octanol–water partition coefficient (Wildman–Crippen LogP) is 3.62.